The Bertz CT molecular complexity index is 2060. The van der Waals surface area contributed by atoms with E-state index in [1.807, 2.05) is 24.4 Å². The van der Waals surface area contributed by atoms with E-state index >= 15 is 0 Å². The Morgan fingerprint density at radius 3 is 2.03 bits per heavy atom. The normalized spacial score (nSPS) is 11.8. The minimum atomic E-state index is 0.871. The summed E-state index contributed by atoms with van der Waals surface area (Å²) in [5.74, 6) is 1.76. The zero-order valence-corrected chi connectivity index (χ0v) is 19.9. The van der Waals surface area contributed by atoms with Gasteiger partial charge in [-0.15, -0.1) is 0 Å². The molecule has 0 saturated carbocycles. The highest BCUT2D eigenvalue weighted by Crippen LogP contribution is 2.37. The molecule has 8 rings (SSSR count). The molecule has 8 aromatic rings. The number of benzene rings is 4. The number of hydrogen-bond donors (Lipinski definition) is 0. The van der Waals surface area contributed by atoms with E-state index in [0.717, 1.165) is 61.5 Å². The predicted molar refractivity (Wildman–Crippen MR) is 150 cm³/mol. The van der Waals surface area contributed by atoms with Crippen LogP contribution >= 0.6 is 0 Å². The average molecular weight is 476 g/mol. The van der Waals surface area contributed by atoms with Crippen molar-refractivity contribution in [2.45, 2.75) is 0 Å². The molecule has 5 heteroatoms. The first-order valence-electron chi connectivity index (χ1n) is 12.4. The zero-order chi connectivity index (χ0) is 24.3. The van der Waals surface area contributed by atoms with Gasteiger partial charge in [0.1, 0.15) is 11.3 Å². The van der Waals surface area contributed by atoms with Gasteiger partial charge in [0.25, 0.3) is 0 Å². The molecular formula is C32H21N5. The molecule has 37 heavy (non-hydrogen) atoms. The zero-order valence-electron chi connectivity index (χ0n) is 19.9. The van der Waals surface area contributed by atoms with Crippen molar-refractivity contribution >= 4 is 38.9 Å². The minimum Gasteiger partial charge on any atom is -0.278 e. The second-order valence-electron chi connectivity index (χ2n) is 9.20. The van der Waals surface area contributed by atoms with Crippen LogP contribution in [-0.2, 0) is 0 Å². The largest absolute Gasteiger partial charge is 0.278 e. The Morgan fingerprint density at radius 1 is 0.541 bits per heavy atom. The number of fused-ring (bicyclic) bond motifs is 7. The molecular weight excluding hydrogens is 454 g/mol. The van der Waals surface area contributed by atoms with Gasteiger partial charge in [-0.25, -0.2) is 9.97 Å². The highest BCUT2D eigenvalue weighted by molar-refractivity contribution is 6.10. The summed E-state index contributed by atoms with van der Waals surface area (Å²) >= 11 is 0. The molecule has 174 valence electrons. The summed E-state index contributed by atoms with van der Waals surface area (Å²) in [6, 6.07) is 42.0. The third kappa shape index (κ3) is 2.85. The van der Waals surface area contributed by atoms with E-state index in [0.29, 0.717) is 0 Å². The van der Waals surface area contributed by atoms with E-state index in [1.54, 1.807) is 0 Å². The van der Waals surface area contributed by atoms with Crippen LogP contribution < -0.4 is 0 Å². The third-order valence-corrected chi connectivity index (χ3v) is 7.10. The molecule has 0 amide bonds. The Kier molecular flexibility index (Phi) is 4.16. The van der Waals surface area contributed by atoms with Gasteiger partial charge < -0.3 is 0 Å². The van der Waals surface area contributed by atoms with Crippen LogP contribution in [0.25, 0.3) is 61.5 Å². The van der Waals surface area contributed by atoms with Crippen molar-refractivity contribution in [3.05, 3.63) is 128 Å². The summed E-state index contributed by atoms with van der Waals surface area (Å²) < 4.78 is 6.80. The van der Waals surface area contributed by atoms with Gasteiger partial charge in [-0.3, -0.25) is 13.5 Å². The fourth-order valence-corrected chi connectivity index (χ4v) is 5.48. The smallest absolute Gasteiger partial charge is 0.221 e. The van der Waals surface area contributed by atoms with Crippen LogP contribution in [0.1, 0.15) is 0 Å². The first-order valence-corrected chi connectivity index (χ1v) is 12.4. The van der Waals surface area contributed by atoms with E-state index in [9.17, 15) is 0 Å². The first kappa shape index (κ1) is 20.1. The number of rotatable bonds is 3. The van der Waals surface area contributed by atoms with Gasteiger partial charge in [0.15, 0.2) is 5.65 Å². The number of imidazole rings is 2. The number of nitrogens with zero attached hydrogens (tertiary/aromatic N) is 5. The summed E-state index contributed by atoms with van der Waals surface area (Å²) in [6.07, 6.45) is 1.96. The van der Waals surface area contributed by atoms with Crippen LogP contribution in [0.4, 0.5) is 0 Å². The van der Waals surface area contributed by atoms with Crippen molar-refractivity contribution in [2.75, 3.05) is 0 Å². The van der Waals surface area contributed by atoms with Crippen LogP contribution in [-0.4, -0.2) is 23.5 Å². The SMILES string of the molecule is c1ccc(-c2ccc(-n3c4ccccc4c4c3n3c5ccccc5nc3n4-c3ccccc3)nc2)cc1. The van der Waals surface area contributed by atoms with E-state index in [2.05, 4.69) is 117 Å². The average Bonchev–Trinajstić information content (AvgIpc) is 3.60. The molecule has 0 fully saturated rings. The Hall–Kier alpha value is -5.16. The second kappa shape index (κ2) is 7.67. The molecule has 0 atom stereocenters. The molecule has 4 aromatic carbocycles. The van der Waals surface area contributed by atoms with E-state index in [4.69, 9.17) is 9.97 Å². The quantitative estimate of drug-likeness (QED) is 0.266. The maximum atomic E-state index is 5.09. The first-order chi connectivity index (χ1) is 18.4. The molecule has 4 heterocycles. The van der Waals surface area contributed by atoms with E-state index in [1.165, 1.54) is 0 Å². The maximum absolute atomic E-state index is 5.09. The Labute approximate surface area is 212 Å². The standard InChI is InChI=1S/C32H21N5/c1-3-11-22(12-4-1)23-19-20-29(33-21-23)36-27-17-9-7-15-25(27)30-31(36)37-28-18-10-8-16-26(28)34-32(37)35(30)24-13-5-2-6-14-24/h1-21H. The lowest BCUT2D eigenvalue weighted by Crippen LogP contribution is -1.99. The molecule has 5 nitrogen and oxygen atoms in total. The van der Waals surface area contributed by atoms with Crippen molar-refractivity contribution in [1.82, 2.24) is 23.5 Å². The Morgan fingerprint density at radius 2 is 1.24 bits per heavy atom. The summed E-state index contributed by atoms with van der Waals surface area (Å²) in [5.41, 5.74) is 8.64. The van der Waals surface area contributed by atoms with Gasteiger partial charge in [0.2, 0.25) is 5.78 Å². The van der Waals surface area contributed by atoms with Gasteiger partial charge >= 0.3 is 0 Å². The molecule has 0 spiro atoms. The van der Waals surface area contributed by atoms with Crippen LogP contribution in [0.15, 0.2) is 128 Å². The van der Waals surface area contributed by atoms with Gasteiger partial charge in [0.05, 0.1) is 16.6 Å². The maximum Gasteiger partial charge on any atom is 0.221 e. The molecule has 0 aliphatic rings. The van der Waals surface area contributed by atoms with Gasteiger partial charge in [-0.1, -0.05) is 78.9 Å². The van der Waals surface area contributed by atoms with Crippen LogP contribution in [0.3, 0.4) is 0 Å². The lowest BCUT2D eigenvalue weighted by Gasteiger charge is -2.08. The minimum absolute atomic E-state index is 0.871. The molecule has 0 N–H and O–H groups in total. The van der Waals surface area contributed by atoms with E-state index < -0.39 is 0 Å². The van der Waals surface area contributed by atoms with Crippen LogP contribution in [0.2, 0.25) is 0 Å². The lowest BCUT2D eigenvalue weighted by molar-refractivity contribution is 1.04. The molecule has 0 bridgehead atoms. The fourth-order valence-electron chi connectivity index (χ4n) is 5.48. The summed E-state index contributed by atoms with van der Waals surface area (Å²) in [7, 11) is 0. The molecule has 0 aliphatic heterocycles. The van der Waals surface area contributed by atoms with Crippen molar-refractivity contribution < 1.29 is 0 Å². The highest BCUT2D eigenvalue weighted by Gasteiger charge is 2.25. The summed E-state index contributed by atoms with van der Waals surface area (Å²) in [6.45, 7) is 0. The summed E-state index contributed by atoms with van der Waals surface area (Å²) in [5, 5.41) is 1.16. The van der Waals surface area contributed by atoms with Crippen molar-refractivity contribution in [1.29, 1.82) is 0 Å². The Balaban J connectivity index is 1.52. The number of hydrogen-bond acceptors (Lipinski definition) is 2. The predicted octanol–water partition coefficient (Wildman–Crippen LogP) is 7.44. The number of pyridine rings is 1. The van der Waals surface area contributed by atoms with Gasteiger partial charge in [0, 0.05) is 22.8 Å². The number of para-hydroxylation sites is 4. The third-order valence-electron chi connectivity index (χ3n) is 7.10. The van der Waals surface area contributed by atoms with Crippen molar-refractivity contribution in [3.8, 4) is 22.6 Å². The molecule has 4 aromatic heterocycles. The fraction of sp³-hybridized carbons (Fsp3) is 0. The van der Waals surface area contributed by atoms with Crippen LogP contribution in [0, 0.1) is 0 Å². The molecule has 0 radical (unpaired) electrons. The molecule has 0 unspecified atom stereocenters. The molecule has 0 saturated heterocycles. The van der Waals surface area contributed by atoms with Gasteiger partial charge in [-0.2, -0.15) is 0 Å². The molecule has 0 aliphatic carbocycles. The second-order valence-corrected chi connectivity index (χ2v) is 9.20. The van der Waals surface area contributed by atoms with Crippen LogP contribution in [0.5, 0.6) is 0 Å². The van der Waals surface area contributed by atoms with Gasteiger partial charge in [-0.05, 0) is 48.0 Å². The van der Waals surface area contributed by atoms with Crippen molar-refractivity contribution in [3.63, 3.8) is 0 Å². The monoisotopic (exact) mass is 475 g/mol. The van der Waals surface area contributed by atoms with E-state index in [-0.39, 0.29) is 0 Å². The highest BCUT2D eigenvalue weighted by atomic mass is 15.3. The summed E-state index contributed by atoms with van der Waals surface area (Å²) in [4.78, 5) is 10.1. The number of aromatic nitrogens is 5. The lowest BCUT2D eigenvalue weighted by atomic mass is 10.1. The van der Waals surface area contributed by atoms with Crippen molar-refractivity contribution in [2.24, 2.45) is 0 Å². The topological polar surface area (TPSA) is 40.0 Å².